The lowest BCUT2D eigenvalue weighted by Gasteiger charge is -2.22. The van der Waals surface area contributed by atoms with Gasteiger partial charge >= 0.3 is 5.97 Å². The topological polar surface area (TPSA) is 101 Å². The molecule has 0 saturated heterocycles. The molecule has 1 aliphatic heterocycles. The summed E-state index contributed by atoms with van der Waals surface area (Å²) in [5, 5.41) is 7.86. The van der Waals surface area contributed by atoms with Gasteiger partial charge in [-0.15, -0.1) is 0 Å². The summed E-state index contributed by atoms with van der Waals surface area (Å²) >= 11 is 5.85. The molecule has 2 amide bonds. The monoisotopic (exact) mass is 386 g/mol. The van der Waals surface area contributed by atoms with E-state index >= 15 is 0 Å². The summed E-state index contributed by atoms with van der Waals surface area (Å²) in [7, 11) is 0. The van der Waals surface area contributed by atoms with Gasteiger partial charge in [0.2, 0.25) is 5.91 Å². The Labute approximate surface area is 159 Å². The minimum Gasteiger partial charge on any atom is -0.451 e. The summed E-state index contributed by atoms with van der Waals surface area (Å²) in [5.41, 5.74) is 0.943. The number of nitrogens with zero attached hydrogens (tertiary/aromatic N) is 3. The van der Waals surface area contributed by atoms with E-state index in [-0.39, 0.29) is 29.6 Å². The highest BCUT2D eigenvalue weighted by Gasteiger charge is 2.26. The van der Waals surface area contributed by atoms with E-state index < -0.39 is 18.5 Å². The Hall–Kier alpha value is -3.26. The smallest absolute Gasteiger partial charge is 0.355 e. The molecule has 0 aliphatic carbocycles. The lowest BCUT2D eigenvalue weighted by Crippen LogP contribution is -2.35. The molecule has 0 radical (unpaired) electrons. The van der Waals surface area contributed by atoms with Crippen molar-refractivity contribution in [2.24, 2.45) is 5.10 Å². The third kappa shape index (κ3) is 4.68. The number of carbonyl (C=O) groups is 3. The number of hydrazone groups is 1. The molecule has 8 nitrogen and oxygen atoms in total. The summed E-state index contributed by atoms with van der Waals surface area (Å²) in [6.07, 6.45) is 1.76. The molecular weight excluding hydrogens is 372 g/mol. The molecule has 1 N–H and O–H groups in total. The zero-order valence-electron chi connectivity index (χ0n) is 14.1. The molecule has 138 valence electrons. The predicted octanol–water partition coefficient (Wildman–Crippen LogP) is 2.40. The number of hydrogen-bond acceptors (Lipinski definition) is 6. The molecule has 27 heavy (non-hydrogen) atoms. The molecular formula is C18H15ClN4O4. The molecule has 0 unspecified atom stereocenters. The fourth-order valence-electron chi connectivity index (χ4n) is 2.35. The van der Waals surface area contributed by atoms with Crippen molar-refractivity contribution in [3.63, 3.8) is 0 Å². The van der Waals surface area contributed by atoms with Crippen molar-refractivity contribution in [2.75, 3.05) is 16.9 Å². The number of para-hydroxylation sites is 1. The van der Waals surface area contributed by atoms with Gasteiger partial charge < -0.3 is 10.1 Å². The number of rotatable bonds is 5. The van der Waals surface area contributed by atoms with Gasteiger partial charge in [0.25, 0.3) is 5.91 Å². The van der Waals surface area contributed by atoms with Gasteiger partial charge in [0.1, 0.15) is 5.71 Å². The van der Waals surface area contributed by atoms with Crippen LogP contribution in [0.25, 0.3) is 0 Å². The number of pyridine rings is 1. The van der Waals surface area contributed by atoms with Crippen LogP contribution < -0.4 is 10.3 Å². The molecule has 3 rings (SSSR count). The minimum atomic E-state index is -0.754. The highest BCUT2D eigenvalue weighted by atomic mass is 35.5. The van der Waals surface area contributed by atoms with Crippen LogP contribution >= 0.6 is 11.6 Å². The lowest BCUT2D eigenvalue weighted by atomic mass is 10.1. The number of nitrogens with one attached hydrogen (secondary N) is 1. The number of anilines is 2. The largest absolute Gasteiger partial charge is 0.451 e. The van der Waals surface area contributed by atoms with Crippen LogP contribution in [0.4, 0.5) is 11.4 Å². The normalized spacial score (nSPS) is 13.7. The zero-order valence-corrected chi connectivity index (χ0v) is 14.8. The number of esters is 1. The molecule has 0 spiro atoms. The Balaban J connectivity index is 1.61. The molecule has 1 aromatic carbocycles. The van der Waals surface area contributed by atoms with Gasteiger partial charge in [0.05, 0.1) is 11.4 Å². The van der Waals surface area contributed by atoms with E-state index in [4.69, 9.17) is 16.3 Å². The van der Waals surface area contributed by atoms with Crippen LogP contribution in [0.5, 0.6) is 0 Å². The van der Waals surface area contributed by atoms with E-state index in [1.165, 1.54) is 6.20 Å². The Bertz CT molecular complexity index is 901. The first-order valence-corrected chi connectivity index (χ1v) is 8.45. The second-order valence-electron chi connectivity index (χ2n) is 5.55. The number of amides is 2. The maximum absolute atomic E-state index is 12.2. The van der Waals surface area contributed by atoms with Crippen molar-refractivity contribution in [3.05, 3.63) is 53.8 Å². The Morgan fingerprint density at radius 1 is 1.15 bits per heavy atom. The maximum atomic E-state index is 12.2. The van der Waals surface area contributed by atoms with Crippen LogP contribution in [-0.2, 0) is 19.1 Å². The molecule has 0 fully saturated rings. The van der Waals surface area contributed by atoms with E-state index in [0.29, 0.717) is 11.4 Å². The van der Waals surface area contributed by atoms with Gasteiger partial charge in [-0.1, -0.05) is 29.8 Å². The van der Waals surface area contributed by atoms with E-state index in [0.717, 1.165) is 5.01 Å². The molecule has 2 aromatic rings. The van der Waals surface area contributed by atoms with Crippen molar-refractivity contribution in [1.82, 2.24) is 4.98 Å². The molecule has 0 atom stereocenters. The van der Waals surface area contributed by atoms with Crippen molar-refractivity contribution in [3.8, 4) is 0 Å². The Morgan fingerprint density at radius 3 is 2.67 bits per heavy atom. The number of halogens is 1. The van der Waals surface area contributed by atoms with Crippen molar-refractivity contribution in [1.29, 1.82) is 0 Å². The Morgan fingerprint density at radius 2 is 1.93 bits per heavy atom. The second-order valence-corrected chi connectivity index (χ2v) is 5.91. The molecule has 1 aromatic heterocycles. The Kier molecular flexibility index (Phi) is 5.77. The van der Waals surface area contributed by atoms with Gasteiger partial charge in [-0.2, -0.15) is 5.10 Å². The third-order valence-corrected chi connectivity index (χ3v) is 3.94. The predicted molar refractivity (Wildman–Crippen MR) is 99.4 cm³/mol. The van der Waals surface area contributed by atoms with Crippen LogP contribution in [0.3, 0.4) is 0 Å². The first kappa shape index (κ1) is 18.5. The fourth-order valence-corrected chi connectivity index (χ4v) is 2.52. The quantitative estimate of drug-likeness (QED) is 0.628. The minimum absolute atomic E-state index is 0.0747. The second kappa shape index (κ2) is 8.41. The van der Waals surface area contributed by atoms with Crippen LogP contribution in [-0.4, -0.2) is 35.1 Å². The van der Waals surface area contributed by atoms with Gasteiger partial charge in [0.15, 0.2) is 11.8 Å². The number of aromatic nitrogens is 1. The first-order valence-electron chi connectivity index (χ1n) is 8.07. The van der Waals surface area contributed by atoms with Gasteiger partial charge in [-0.25, -0.2) is 14.8 Å². The SMILES string of the molecule is O=C(COC(=O)C1=NN(c2ccccc2)C(=O)CC1)Nc1cccnc1Cl. The first-order chi connectivity index (χ1) is 13.0. The summed E-state index contributed by atoms with van der Waals surface area (Å²) in [5.74, 6) is -1.54. The average Bonchev–Trinajstić information content (AvgIpc) is 2.69. The van der Waals surface area contributed by atoms with Crippen molar-refractivity contribution in [2.45, 2.75) is 12.8 Å². The number of carbonyl (C=O) groups excluding carboxylic acids is 3. The summed E-state index contributed by atoms with van der Waals surface area (Å²) in [4.78, 5) is 40.0. The van der Waals surface area contributed by atoms with Crippen LogP contribution in [0, 0.1) is 0 Å². The van der Waals surface area contributed by atoms with E-state index in [1.807, 2.05) is 6.07 Å². The standard InChI is InChI=1S/C18H15ClN4O4/c19-17-13(7-4-10-20-17)21-15(24)11-27-18(26)14-8-9-16(25)23(22-14)12-5-2-1-3-6-12/h1-7,10H,8-9,11H2,(H,21,24). The summed E-state index contributed by atoms with van der Waals surface area (Å²) < 4.78 is 4.99. The summed E-state index contributed by atoms with van der Waals surface area (Å²) in [6.45, 7) is -0.512. The van der Waals surface area contributed by atoms with Crippen LogP contribution in [0.15, 0.2) is 53.8 Å². The van der Waals surface area contributed by atoms with E-state index in [9.17, 15) is 14.4 Å². The average molecular weight is 387 g/mol. The molecule has 2 heterocycles. The highest BCUT2D eigenvalue weighted by Crippen LogP contribution is 2.20. The zero-order chi connectivity index (χ0) is 19.2. The van der Waals surface area contributed by atoms with E-state index in [1.54, 1.807) is 36.4 Å². The molecule has 9 heteroatoms. The summed E-state index contributed by atoms with van der Waals surface area (Å²) in [6, 6.07) is 11.9. The third-order valence-electron chi connectivity index (χ3n) is 3.64. The maximum Gasteiger partial charge on any atom is 0.355 e. The van der Waals surface area contributed by atoms with Gasteiger partial charge in [-0.05, 0) is 24.3 Å². The van der Waals surface area contributed by atoms with Crippen LogP contribution in [0.1, 0.15) is 12.8 Å². The number of ether oxygens (including phenoxy) is 1. The molecule has 0 bridgehead atoms. The van der Waals surface area contributed by atoms with Gasteiger partial charge in [-0.3, -0.25) is 9.59 Å². The highest BCUT2D eigenvalue weighted by molar-refractivity contribution is 6.38. The molecule has 1 aliphatic rings. The number of benzene rings is 1. The van der Waals surface area contributed by atoms with E-state index in [2.05, 4.69) is 15.4 Å². The fraction of sp³-hybridized carbons (Fsp3) is 0.167. The van der Waals surface area contributed by atoms with Crippen molar-refractivity contribution < 1.29 is 19.1 Å². The van der Waals surface area contributed by atoms with Crippen molar-refractivity contribution >= 4 is 46.5 Å². The molecule has 0 saturated carbocycles. The lowest BCUT2D eigenvalue weighted by molar-refractivity contribution is -0.140. The van der Waals surface area contributed by atoms with Crippen LogP contribution in [0.2, 0.25) is 5.15 Å². The number of hydrogen-bond donors (Lipinski definition) is 1. The van der Waals surface area contributed by atoms with Gasteiger partial charge in [0, 0.05) is 19.0 Å².